The van der Waals surface area contributed by atoms with Gasteiger partial charge in [0.25, 0.3) is 0 Å². The van der Waals surface area contributed by atoms with Gasteiger partial charge < -0.3 is 14.9 Å². The van der Waals surface area contributed by atoms with Crippen LogP contribution in [0.5, 0.6) is 0 Å². The first-order valence-corrected chi connectivity index (χ1v) is 7.74. The summed E-state index contributed by atoms with van der Waals surface area (Å²) in [5, 5.41) is 9.72. The van der Waals surface area contributed by atoms with E-state index in [4.69, 9.17) is 0 Å². The minimum absolute atomic E-state index is 0.421. The maximum absolute atomic E-state index is 9.72. The van der Waals surface area contributed by atoms with Crippen molar-refractivity contribution < 1.29 is 5.11 Å². The molecule has 2 saturated heterocycles. The van der Waals surface area contributed by atoms with Crippen LogP contribution in [0, 0.1) is 5.92 Å². The second kappa shape index (κ2) is 5.70. The van der Waals surface area contributed by atoms with E-state index in [0.29, 0.717) is 0 Å². The number of pyridine rings is 1. The van der Waals surface area contributed by atoms with Crippen molar-refractivity contribution in [1.29, 1.82) is 0 Å². The van der Waals surface area contributed by atoms with E-state index in [1.807, 2.05) is 18.3 Å². The highest BCUT2D eigenvalue weighted by Gasteiger charge is 2.34. The SMILES string of the molecule is C[C@H](O)c1ccnc(N2CCC3C(CCCN3C)C2)c1. The minimum atomic E-state index is -0.421. The number of fused-ring (bicyclic) bond motifs is 1. The summed E-state index contributed by atoms with van der Waals surface area (Å²) in [4.78, 5) is 9.43. The molecule has 110 valence electrons. The summed E-state index contributed by atoms with van der Waals surface area (Å²) < 4.78 is 0. The normalized spacial score (nSPS) is 29.1. The molecule has 3 rings (SSSR count). The Morgan fingerprint density at radius 2 is 2.20 bits per heavy atom. The Labute approximate surface area is 121 Å². The Balaban J connectivity index is 1.74. The van der Waals surface area contributed by atoms with Gasteiger partial charge in [0, 0.05) is 25.3 Å². The molecule has 0 spiro atoms. The lowest BCUT2D eigenvalue weighted by molar-refractivity contribution is 0.102. The summed E-state index contributed by atoms with van der Waals surface area (Å²) in [6, 6.07) is 4.69. The third kappa shape index (κ3) is 2.67. The Bertz CT molecular complexity index is 463. The fourth-order valence-corrected chi connectivity index (χ4v) is 3.73. The largest absolute Gasteiger partial charge is 0.389 e. The van der Waals surface area contributed by atoms with Crippen LogP contribution in [0.4, 0.5) is 5.82 Å². The van der Waals surface area contributed by atoms with Crippen molar-refractivity contribution in [2.75, 3.05) is 31.6 Å². The second-order valence-electron chi connectivity index (χ2n) is 6.31. The molecule has 3 heterocycles. The number of likely N-dealkylation sites (tertiary alicyclic amines) is 1. The van der Waals surface area contributed by atoms with Crippen LogP contribution in [0.2, 0.25) is 0 Å². The lowest BCUT2D eigenvalue weighted by Crippen LogP contribution is -2.52. The molecule has 0 radical (unpaired) electrons. The third-order valence-corrected chi connectivity index (χ3v) is 4.92. The van der Waals surface area contributed by atoms with E-state index in [1.54, 1.807) is 6.92 Å². The average Bonchev–Trinajstić information content (AvgIpc) is 2.47. The maximum Gasteiger partial charge on any atom is 0.128 e. The number of nitrogens with zero attached hydrogens (tertiary/aromatic N) is 3. The van der Waals surface area contributed by atoms with Crippen molar-refractivity contribution >= 4 is 5.82 Å². The number of aliphatic hydroxyl groups excluding tert-OH is 1. The number of aliphatic hydroxyl groups is 1. The Morgan fingerprint density at radius 3 is 3.00 bits per heavy atom. The zero-order valence-corrected chi connectivity index (χ0v) is 12.5. The van der Waals surface area contributed by atoms with Crippen molar-refractivity contribution in [3.8, 4) is 0 Å². The van der Waals surface area contributed by atoms with Gasteiger partial charge in [-0.25, -0.2) is 4.98 Å². The van der Waals surface area contributed by atoms with Gasteiger partial charge in [-0.1, -0.05) is 0 Å². The topological polar surface area (TPSA) is 39.6 Å². The third-order valence-electron chi connectivity index (χ3n) is 4.92. The molecule has 0 aromatic carbocycles. The maximum atomic E-state index is 9.72. The average molecular weight is 275 g/mol. The van der Waals surface area contributed by atoms with Gasteiger partial charge in [-0.2, -0.15) is 0 Å². The number of aromatic nitrogens is 1. The van der Waals surface area contributed by atoms with Crippen LogP contribution >= 0.6 is 0 Å². The predicted octanol–water partition coefficient (Wildman–Crippen LogP) is 2.06. The Kier molecular flexibility index (Phi) is 3.94. The molecule has 0 amide bonds. The first-order chi connectivity index (χ1) is 9.65. The van der Waals surface area contributed by atoms with Crippen molar-refractivity contribution in [2.45, 2.75) is 38.3 Å². The molecule has 4 heteroatoms. The molecule has 1 aromatic rings. The van der Waals surface area contributed by atoms with Crippen LogP contribution in [0.3, 0.4) is 0 Å². The molecule has 4 nitrogen and oxygen atoms in total. The minimum Gasteiger partial charge on any atom is -0.389 e. The molecule has 20 heavy (non-hydrogen) atoms. The van der Waals surface area contributed by atoms with Gasteiger partial charge in [0.1, 0.15) is 5.82 Å². The lowest BCUT2D eigenvalue weighted by Gasteiger charge is -2.46. The van der Waals surface area contributed by atoms with Gasteiger partial charge in [0.05, 0.1) is 6.10 Å². The van der Waals surface area contributed by atoms with Crippen LogP contribution in [0.25, 0.3) is 0 Å². The van der Waals surface area contributed by atoms with Gasteiger partial charge in [-0.3, -0.25) is 0 Å². The first kappa shape index (κ1) is 13.8. The van der Waals surface area contributed by atoms with E-state index in [1.165, 1.54) is 25.8 Å². The second-order valence-corrected chi connectivity index (χ2v) is 6.31. The molecule has 1 aromatic heterocycles. The van der Waals surface area contributed by atoms with Crippen LogP contribution < -0.4 is 4.90 Å². The van der Waals surface area contributed by atoms with Gasteiger partial charge in [-0.05, 0) is 63.4 Å². The van der Waals surface area contributed by atoms with Crippen molar-refractivity contribution in [3.05, 3.63) is 23.9 Å². The highest BCUT2D eigenvalue weighted by molar-refractivity contribution is 5.42. The molecule has 0 saturated carbocycles. The Hall–Kier alpha value is -1.13. The number of piperidine rings is 2. The lowest BCUT2D eigenvalue weighted by atomic mass is 9.84. The zero-order chi connectivity index (χ0) is 14.1. The zero-order valence-electron chi connectivity index (χ0n) is 12.5. The van der Waals surface area contributed by atoms with Crippen LogP contribution in [0.15, 0.2) is 18.3 Å². The molecule has 3 atom stereocenters. The Morgan fingerprint density at radius 1 is 1.35 bits per heavy atom. The van der Waals surface area contributed by atoms with Gasteiger partial charge >= 0.3 is 0 Å². The van der Waals surface area contributed by atoms with Gasteiger partial charge in [-0.15, -0.1) is 0 Å². The standard InChI is InChI=1S/C16H25N3O/c1-12(20)13-5-7-17-16(10-13)19-9-6-15-14(11-19)4-3-8-18(15)2/h5,7,10,12,14-15,20H,3-4,6,8-9,11H2,1-2H3/t12-,14?,15?/m0/s1. The molecular weight excluding hydrogens is 250 g/mol. The van der Waals surface area contributed by atoms with Crippen LogP contribution in [0.1, 0.15) is 37.9 Å². The number of anilines is 1. The van der Waals surface area contributed by atoms with Gasteiger partial charge in [0.15, 0.2) is 0 Å². The summed E-state index contributed by atoms with van der Waals surface area (Å²) in [6.07, 6.45) is 5.27. The van der Waals surface area contributed by atoms with E-state index in [-0.39, 0.29) is 0 Å². The van der Waals surface area contributed by atoms with Crippen molar-refractivity contribution in [3.63, 3.8) is 0 Å². The van der Waals surface area contributed by atoms with Crippen LogP contribution in [-0.2, 0) is 0 Å². The van der Waals surface area contributed by atoms with E-state index >= 15 is 0 Å². The smallest absolute Gasteiger partial charge is 0.128 e. The summed E-state index contributed by atoms with van der Waals surface area (Å²) in [7, 11) is 2.26. The number of rotatable bonds is 2. The highest BCUT2D eigenvalue weighted by Crippen LogP contribution is 2.31. The summed E-state index contributed by atoms with van der Waals surface area (Å²) in [5.74, 6) is 1.79. The molecule has 2 aliphatic rings. The van der Waals surface area contributed by atoms with Crippen LogP contribution in [-0.4, -0.2) is 47.7 Å². The summed E-state index contributed by atoms with van der Waals surface area (Å²) >= 11 is 0. The molecule has 2 aliphatic heterocycles. The predicted molar refractivity (Wildman–Crippen MR) is 80.8 cm³/mol. The fourth-order valence-electron chi connectivity index (χ4n) is 3.73. The molecule has 2 fully saturated rings. The van der Waals surface area contributed by atoms with E-state index < -0.39 is 6.10 Å². The quantitative estimate of drug-likeness (QED) is 0.897. The molecular formula is C16H25N3O. The van der Waals surface area contributed by atoms with E-state index in [9.17, 15) is 5.11 Å². The molecule has 0 bridgehead atoms. The van der Waals surface area contributed by atoms with E-state index in [0.717, 1.165) is 36.4 Å². The number of hydrogen-bond acceptors (Lipinski definition) is 4. The molecule has 1 N–H and O–H groups in total. The molecule has 0 aliphatic carbocycles. The van der Waals surface area contributed by atoms with Gasteiger partial charge in [0.2, 0.25) is 0 Å². The molecule has 2 unspecified atom stereocenters. The number of hydrogen-bond donors (Lipinski definition) is 1. The fraction of sp³-hybridized carbons (Fsp3) is 0.688. The van der Waals surface area contributed by atoms with Crippen molar-refractivity contribution in [1.82, 2.24) is 9.88 Å². The van der Waals surface area contributed by atoms with Crippen molar-refractivity contribution in [2.24, 2.45) is 5.92 Å². The summed E-state index contributed by atoms with van der Waals surface area (Å²) in [5.41, 5.74) is 0.956. The summed E-state index contributed by atoms with van der Waals surface area (Å²) in [6.45, 7) is 5.23. The first-order valence-electron chi connectivity index (χ1n) is 7.74. The highest BCUT2D eigenvalue weighted by atomic mass is 16.3. The van der Waals surface area contributed by atoms with E-state index in [2.05, 4.69) is 21.8 Å². The monoisotopic (exact) mass is 275 g/mol.